The Morgan fingerprint density at radius 1 is 1.20 bits per heavy atom. The number of imidazole rings is 1. The van der Waals surface area contributed by atoms with E-state index >= 15 is 0 Å². The first-order valence-electron chi connectivity index (χ1n) is 9.93. The third-order valence-electron chi connectivity index (χ3n) is 5.78. The van der Waals surface area contributed by atoms with Crippen molar-refractivity contribution in [3.63, 3.8) is 0 Å². The van der Waals surface area contributed by atoms with Gasteiger partial charge in [0.2, 0.25) is 0 Å². The minimum absolute atomic E-state index is 0.107. The molecule has 3 aromatic rings. The van der Waals surface area contributed by atoms with E-state index < -0.39 is 31.1 Å². The molecule has 0 spiro atoms. The molecule has 1 fully saturated rings. The number of nitrogen functional groups attached to an aromatic ring is 1. The van der Waals surface area contributed by atoms with E-state index in [-0.39, 0.29) is 17.9 Å². The highest BCUT2D eigenvalue weighted by molar-refractivity contribution is 5.82. The average Bonchev–Trinajstić information content (AvgIpc) is 3.30. The zero-order valence-electron chi connectivity index (χ0n) is 16.1. The van der Waals surface area contributed by atoms with Gasteiger partial charge in [-0.3, -0.25) is 4.57 Å². The molecule has 30 heavy (non-hydrogen) atoms. The highest BCUT2D eigenvalue weighted by atomic mass is 16.6. The highest BCUT2D eigenvalue weighted by Crippen LogP contribution is 2.35. The molecule has 5 N–H and O–H groups in total. The second-order valence-corrected chi connectivity index (χ2v) is 7.64. The fourth-order valence-electron chi connectivity index (χ4n) is 4.23. The van der Waals surface area contributed by atoms with Gasteiger partial charge in [-0.15, -0.1) is 0 Å². The molecule has 0 radical (unpaired) electrons. The molecule has 0 bridgehead atoms. The van der Waals surface area contributed by atoms with Crippen LogP contribution in [0.3, 0.4) is 0 Å². The van der Waals surface area contributed by atoms with Crippen LogP contribution in [0.15, 0.2) is 30.6 Å². The Kier molecular flexibility index (Phi) is 4.78. The highest BCUT2D eigenvalue weighted by Gasteiger charge is 2.44. The van der Waals surface area contributed by atoms with Crippen LogP contribution < -0.4 is 10.5 Å². The smallest absolute Gasteiger partial charge is 0.321 e. The molecule has 5 atom stereocenters. The summed E-state index contributed by atoms with van der Waals surface area (Å²) in [6.07, 6.45) is -0.290. The Morgan fingerprint density at radius 3 is 2.83 bits per heavy atom. The van der Waals surface area contributed by atoms with Crippen LogP contribution in [0.4, 0.5) is 5.82 Å². The number of nitrogens with two attached hydrogens (primary N) is 1. The van der Waals surface area contributed by atoms with Gasteiger partial charge in [0.15, 0.2) is 23.2 Å². The van der Waals surface area contributed by atoms with Crippen molar-refractivity contribution in [2.24, 2.45) is 0 Å². The fourth-order valence-corrected chi connectivity index (χ4v) is 4.23. The lowest BCUT2D eigenvalue weighted by atomic mass is 9.89. The molecular formula is C20H23N5O5. The van der Waals surface area contributed by atoms with Crippen molar-refractivity contribution in [2.75, 3.05) is 12.3 Å². The van der Waals surface area contributed by atoms with Crippen LogP contribution in [0, 0.1) is 0 Å². The molecule has 5 rings (SSSR count). The average molecular weight is 413 g/mol. The summed E-state index contributed by atoms with van der Waals surface area (Å²) in [6, 6.07) is 8.25. The summed E-state index contributed by atoms with van der Waals surface area (Å²) in [4.78, 5) is 12.9. The normalized spacial score (nSPS) is 28.6. The second kappa shape index (κ2) is 7.47. The molecule has 2 aliphatic rings. The zero-order chi connectivity index (χ0) is 20.8. The molecule has 1 unspecified atom stereocenters. The van der Waals surface area contributed by atoms with Crippen molar-refractivity contribution in [3.05, 3.63) is 41.7 Å². The maximum atomic E-state index is 10.4. The second-order valence-electron chi connectivity index (χ2n) is 7.64. The van der Waals surface area contributed by atoms with E-state index in [1.807, 2.05) is 18.2 Å². The number of aliphatic hydroxyl groups is 3. The van der Waals surface area contributed by atoms with Crippen molar-refractivity contribution >= 4 is 17.0 Å². The molecule has 1 aliphatic carbocycles. The van der Waals surface area contributed by atoms with Gasteiger partial charge in [0.25, 0.3) is 0 Å². The van der Waals surface area contributed by atoms with E-state index in [0.717, 1.165) is 24.8 Å². The van der Waals surface area contributed by atoms with Gasteiger partial charge in [-0.25, -0.2) is 4.98 Å². The number of aliphatic hydroxyl groups excluding tert-OH is 3. The third-order valence-corrected chi connectivity index (χ3v) is 5.78. The lowest BCUT2D eigenvalue weighted by Gasteiger charge is -2.25. The number of nitrogens with zero attached hydrogens (tertiary/aromatic N) is 4. The number of ether oxygens (including phenoxy) is 2. The predicted octanol–water partition coefficient (Wildman–Crippen LogP) is 0.476. The topological polar surface area (TPSA) is 149 Å². The van der Waals surface area contributed by atoms with E-state index in [1.165, 1.54) is 16.5 Å². The van der Waals surface area contributed by atoms with E-state index in [2.05, 4.69) is 21.0 Å². The van der Waals surface area contributed by atoms with Crippen LogP contribution in [0.2, 0.25) is 0 Å². The molecule has 1 aromatic carbocycles. The summed E-state index contributed by atoms with van der Waals surface area (Å²) in [5.74, 6) is 0.143. The summed E-state index contributed by atoms with van der Waals surface area (Å²) >= 11 is 0. The van der Waals surface area contributed by atoms with Crippen molar-refractivity contribution in [1.82, 2.24) is 19.5 Å². The van der Waals surface area contributed by atoms with Gasteiger partial charge in [-0.1, -0.05) is 24.3 Å². The number of anilines is 1. The van der Waals surface area contributed by atoms with Crippen LogP contribution >= 0.6 is 0 Å². The zero-order valence-corrected chi connectivity index (χ0v) is 16.1. The van der Waals surface area contributed by atoms with E-state index in [4.69, 9.17) is 15.2 Å². The lowest BCUT2D eigenvalue weighted by Crippen LogP contribution is -2.33. The number of fused-ring (bicyclic) bond motifs is 2. The molecule has 158 valence electrons. The Hall–Kier alpha value is -2.79. The fraction of sp³-hybridized carbons (Fsp3) is 0.450. The summed E-state index contributed by atoms with van der Waals surface area (Å²) in [6.45, 7) is -0.423. The number of aryl methyl sites for hydroxylation is 1. The summed E-state index contributed by atoms with van der Waals surface area (Å²) in [7, 11) is 0. The van der Waals surface area contributed by atoms with Crippen LogP contribution in [0.5, 0.6) is 6.01 Å². The van der Waals surface area contributed by atoms with E-state index in [0.29, 0.717) is 11.2 Å². The summed E-state index contributed by atoms with van der Waals surface area (Å²) in [5, 5.41) is 29.8. The number of rotatable bonds is 4. The minimum atomic E-state index is -1.26. The van der Waals surface area contributed by atoms with Crippen molar-refractivity contribution in [3.8, 4) is 6.01 Å². The molecule has 10 nitrogen and oxygen atoms in total. The first-order valence-corrected chi connectivity index (χ1v) is 9.93. The monoisotopic (exact) mass is 413 g/mol. The molecule has 10 heteroatoms. The largest absolute Gasteiger partial charge is 0.455 e. The quantitative estimate of drug-likeness (QED) is 0.479. The van der Waals surface area contributed by atoms with E-state index in [1.54, 1.807) is 0 Å². The minimum Gasteiger partial charge on any atom is -0.455 e. The summed E-state index contributed by atoms with van der Waals surface area (Å²) in [5.41, 5.74) is 9.10. The van der Waals surface area contributed by atoms with Crippen LogP contribution in [0.1, 0.15) is 36.3 Å². The van der Waals surface area contributed by atoms with Crippen LogP contribution in [0.25, 0.3) is 11.2 Å². The Bertz CT molecular complexity index is 1070. The Balaban J connectivity index is 1.49. The van der Waals surface area contributed by atoms with Gasteiger partial charge < -0.3 is 30.5 Å². The number of benzene rings is 1. The first-order chi connectivity index (χ1) is 14.6. The molecule has 1 aliphatic heterocycles. The molecule has 1 saturated heterocycles. The SMILES string of the molecule is Nc1nc(OC2CCCc3ccccc32)nc2c1ncn2[C@@H]1O[C@H](CO)[C@@H](O)[C@@H]1O. The summed E-state index contributed by atoms with van der Waals surface area (Å²) < 4.78 is 13.2. The Morgan fingerprint density at radius 2 is 2.03 bits per heavy atom. The molecule has 3 heterocycles. The maximum absolute atomic E-state index is 10.4. The molecule has 0 amide bonds. The van der Waals surface area contributed by atoms with Gasteiger partial charge in [-0.2, -0.15) is 9.97 Å². The van der Waals surface area contributed by atoms with Crippen molar-refractivity contribution < 1.29 is 24.8 Å². The Labute approximate surface area is 171 Å². The lowest BCUT2D eigenvalue weighted by molar-refractivity contribution is -0.0511. The number of hydrogen-bond donors (Lipinski definition) is 4. The van der Waals surface area contributed by atoms with E-state index in [9.17, 15) is 15.3 Å². The molecule has 2 aromatic heterocycles. The van der Waals surface area contributed by atoms with Gasteiger partial charge >= 0.3 is 6.01 Å². The maximum Gasteiger partial charge on any atom is 0.321 e. The third kappa shape index (κ3) is 3.08. The van der Waals surface area contributed by atoms with Gasteiger partial charge in [0.1, 0.15) is 24.4 Å². The van der Waals surface area contributed by atoms with Gasteiger partial charge in [0.05, 0.1) is 12.9 Å². The van der Waals surface area contributed by atoms with Crippen LogP contribution in [-0.4, -0.2) is 59.8 Å². The van der Waals surface area contributed by atoms with Crippen molar-refractivity contribution in [2.45, 2.75) is 49.9 Å². The number of hydrogen-bond acceptors (Lipinski definition) is 9. The predicted molar refractivity (Wildman–Crippen MR) is 105 cm³/mol. The molecule has 0 saturated carbocycles. The first kappa shape index (κ1) is 19.2. The van der Waals surface area contributed by atoms with Crippen LogP contribution in [-0.2, 0) is 11.2 Å². The van der Waals surface area contributed by atoms with Gasteiger partial charge in [0, 0.05) is 0 Å². The van der Waals surface area contributed by atoms with Crippen molar-refractivity contribution in [1.29, 1.82) is 0 Å². The number of aromatic nitrogens is 4. The van der Waals surface area contributed by atoms with Gasteiger partial charge in [-0.05, 0) is 30.4 Å². The standard InChI is InChI=1S/C20H23N5O5/c21-17-14-18(25(9-22-14)19-16(28)15(27)13(8-26)29-19)24-20(23-17)30-12-7-3-5-10-4-1-2-6-11(10)12/h1-2,4,6,9,12-13,15-16,19,26-28H,3,5,7-8H2,(H2,21,23,24)/t12?,13-,15-,16+,19-/m1/s1. The molecular weight excluding hydrogens is 390 g/mol.